The predicted molar refractivity (Wildman–Crippen MR) is 131 cm³/mol. The summed E-state index contributed by atoms with van der Waals surface area (Å²) >= 11 is 0. The van der Waals surface area contributed by atoms with Crippen LogP contribution in [0.3, 0.4) is 0 Å². The van der Waals surface area contributed by atoms with Gasteiger partial charge < -0.3 is 30.3 Å². The summed E-state index contributed by atoms with van der Waals surface area (Å²) in [5.41, 5.74) is 6.49. The lowest BCUT2D eigenvalue weighted by atomic mass is 9.91. The van der Waals surface area contributed by atoms with E-state index >= 15 is 0 Å². The van der Waals surface area contributed by atoms with E-state index in [4.69, 9.17) is 15.2 Å². The monoisotopic (exact) mass is 486 g/mol. The van der Waals surface area contributed by atoms with Crippen molar-refractivity contribution in [2.24, 2.45) is 11.7 Å². The second-order valence-corrected chi connectivity index (χ2v) is 10.0. The number of benzene rings is 1. The molecule has 2 unspecified atom stereocenters. The van der Waals surface area contributed by atoms with Gasteiger partial charge in [-0.15, -0.1) is 0 Å². The Morgan fingerprint density at radius 2 is 1.86 bits per heavy atom. The number of nitrogens with one attached hydrogen (secondary N) is 1. The fourth-order valence-corrected chi connectivity index (χ4v) is 5.22. The molecule has 2 aliphatic carbocycles. The molecule has 1 aromatic rings. The Bertz CT molecular complexity index is 913. The van der Waals surface area contributed by atoms with Crippen LogP contribution in [0.25, 0.3) is 0 Å². The van der Waals surface area contributed by atoms with Crippen molar-refractivity contribution in [1.82, 2.24) is 15.1 Å². The molecule has 35 heavy (non-hydrogen) atoms. The van der Waals surface area contributed by atoms with Crippen LogP contribution < -0.4 is 15.8 Å². The fraction of sp³-hybridized carbons (Fsp3) is 0.654. The number of ether oxygens (including phenoxy) is 2. The van der Waals surface area contributed by atoms with E-state index in [1.807, 2.05) is 4.90 Å². The van der Waals surface area contributed by atoms with Gasteiger partial charge in [-0.1, -0.05) is 6.07 Å². The maximum absolute atomic E-state index is 13.6. The number of amides is 3. The number of methoxy groups -OCH3 is 2. The zero-order valence-corrected chi connectivity index (χ0v) is 20.8. The van der Waals surface area contributed by atoms with Gasteiger partial charge in [-0.2, -0.15) is 0 Å². The Morgan fingerprint density at radius 3 is 2.51 bits per heavy atom. The average molecular weight is 487 g/mol. The Kier molecular flexibility index (Phi) is 8.28. The number of carbonyl (C=O) groups excluding carboxylic acids is 3. The molecule has 192 valence electrons. The van der Waals surface area contributed by atoms with Crippen LogP contribution in [-0.4, -0.2) is 85.6 Å². The average Bonchev–Trinajstić information content (AvgIpc) is 3.64. The zero-order valence-electron chi connectivity index (χ0n) is 20.8. The summed E-state index contributed by atoms with van der Waals surface area (Å²) in [6.45, 7) is 1.18. The molecule has 4 rings (SSSR count). The highest BCUT2D eigenvalue weighted by Gasteiger charge is 2.45. The lowest BCUT2D eigenvalue weighted by Gasteiger charge is -2.30. The van der Waals surface area contributed by atoms with Gasteiger partial charge in [-0.3, -0.25) is 14.4 Å². The van der Waals surface area contributed by atoms with Gasteiger partial charge in [0.25, 0.3) is 5.91 Å². The molecular weight excluding hydrogens is 448 g/mol. The number of likely N-dealkylation sites (tertiary alicyclic amines) is 1. The van der Waals surface area contributed by atoms with Crippen molar-refractivity contribution >= 4 is 17.7 Å². The number of hydrogen-bond acceptors (Lipinski definition) is 6. The number of rotatable bonds is 9. The standard InChI is InChI=1S/C26H38N4O5/c1-34-13-12-29(25(32)17-6-7-17)21-15-23(24(31)28-20-10-8-19(27)9-11-20)30(16-21)26(33)18-4-3-5-22(14-18)35-2/h3-5,14,17,19-21,23H,6-13,15-16,27H2,1-2H3,(H,28,31). The van der Waals surface area contributed by atoms with E-state index in [2.05, 4.69) is 5.32 Å². The highest BCUT2D eigenvalue weighted by molar-refractivity contribution is 5.98. The van der Waals surface area contributed by atoms with Crippen molar-refractivity contribution in [1.29, 1.82) is 0 Å². The van der Waals surface area contributed by atoms with E-state index in [1.54, 1.807) is 43.4 Å². The third kappa shape index (κ3) is 6.13. The summed E-state index contributed by atoms with van der Waals surface area (Å²) in [7, 11) is 3.17. The van der Waals surface area contributed by atoms with Crippen molar-refractivity contribution in [3.63, 3.8) is 0 Å². The molecule has 1 aliphatic heterocycles. The van der Waals surface area contributed by atoms with E-state index in [1.165, 1.54) is 0 Å². The first-order chi connectivity index (χ1) is 16.9. The number of nitrogens with zero attached hydrogens (tertiary/aromatic N) is 2. The van der Waals surface area contributed by atoms with Crippen molar-refractivity contribution < 1.29 is 23.9 Å². The van der Waals surface area contributed by atoms with Crippen LogP contribution in [0, 0.1) is 5.92 Å². The largest absolute Gasteiger partial charge is 0.497 e. The quantitative estimate of drug-likeness (QED) is 0.547. The minimum absolute atomic E-state index is 0.0497. The van der Waals surface area contributed by atoms with Gasteiger partial charge >= 0.3 is 0 Å². The molecule has 9 nitrogen and oxygen atoms in total. The lowest BCUT2D eigenvalue weighted by Crippen LogP contribution is -2.50. The summed E-state index contributed by atoms with van der Waals surface area (Å²) in [6, 6.07) is 6.33. The fourth-order valence-electron chi connectivity index (χ4n) is 5.22. The van der Waals surface area contributed by atoms with Crippen LogP contribution >= 0.6 is 0 Å². The van der Waals surface area contributed by atoms with Gasteiger partial charge in [0, 0.05) is 43.8 Å². The Labute approximate surface area is 207 Å². The van der Waals surface area contributed by atoms with Crippen molar-refractivity contribution in [3.05, 3.63) is 29.8 Å². The first-order valence-corrected chi connectivity index (χ1v) is 12.7. The first kappa shape index (κ1) is 25.4. The molecule has 0 spiro atoms. The van der Waals surface area contributed by atoms with Gasteiger partial charge in [0.2, 0.25) is 11.8 Å². The van der Waals surface area contributed by atoms with Crippen LogP contribution in [0.4, 0.5) is 0 Å². The maximum Gasteiger partial charge on any atom is 0.254 e. The third-order valence-corrected chi connectivity index (χ3v) is 7.46. The van der Waals surface area contributed by atoms with Crippen LogP contribution in [0.1, 0.15) is 55.3 Å². The van der Waals surface area contributed by atoms with E-state index in [0.29, 0.717) is 37.4 Å². The molecule has 9 heteroatoms. The molecule has 1 aromatic carbocycles. The van der Waals surface area contributed by atoms with E-state index < -0.39 is 6.04 Å². The number of hydrogen-bond donors (Lipinski definition) is 2. The van der Waals surface area contributed by atoms with E-state index in [9.17, 15) is 14.4 Å². The molecule has 3 amide bonds. The SMILES string of the molecule is COCCN(C(=O)C1CC1)C1CC(C(=O)NC2CCC(N)CC2)N(C(=O)c2cccc(OC)c2)C1. The van der Waals surface area contributed by atoms with Crippen molar-refractivity contribution in [3.8, 4) is 5.75 Å². The van der Waals surface area contributed by atoms with Gasteiger partial charge in [0.05, 0.1) is 19.8 Å². The summed E-state index contributed by atoms with van der Waals surface area (Å²) in [5, 5.41) is 3.17. The highest BCUT2D eigenvalue weighted by Crippen LogP contribution is 2.34. The normalized spacial score (nSPS) is 26.3. The van der Waals surface area contributed by atoms with Crippen molar-refractivity contribution in [2.45, 2.75) is 69.1 Å². The van der Waals surface area contributed by atoms with Crippen LogP contribution in [0.2, 0.25) is 0 Å². The molecule has 3 N–H and O–H groups in total. The summed E-state index contributed by atoms with van der Waals surface area (Å²) in [5.74, 6) is 0.339. The zero-order chi connectivity index (χ0) is 24.9. The number of carbonyl (C=O) groups is 3. The van der Waals surface area contributed by atoms with E-state index in [-0.39, 0.29) is 41.8 Å². The van der Waals surface area contributed by atoms with Gasteiger partial charge in [0.15, 0.2) is 0 Å². The third-order valence-electron chi connectivity index (χ3n) is 7.46. The second kappa shape index (κ2) is 11.4. The van der Waals surface area contributed by atoms with Crippen LogP contribution in [-0.2, 0) is 14.3 Å². The van der Waals surface area contributed by atoms with Gasteiger partial charge in [0.1, 0.15) is 11.8 Å². The summed E-state index contributed by atoms with van der Waals surface area (Å²) < 4.78 is 10.5. The molecular formula is C26H38N4O5. The molecule has 2 atom stereocenters. The first-order valence-electron chi connectivity index (χ1n) is 12.7. The molecule has 1 saturated heterocycles. The molecule has 0 aromatic heterocycles. The number of nitrogens with two attached hydrogens (primary N) is 1. The molecule has 0 radical (unpaired) electrons. The Hall–Kier alpha value is -2.65. The van der Waals surface area contributed by atoms with Crippen molar-refractivity contribution in [2.75, 3.05) is 33.9 Å². The van der Waals surface area contributed by atoms with Gasteiger partial charge in [-0.05, 0) is 63.1 Å². The summed E-state index contributed by atoms with van der Waals surface area (Å²) in [4.78, 5) is 43.6. The van der Waals surface area contributed by atoms with Crippen LogP contribution in [0.15, 0.2) is 24.3 Å². The van der Waals surface area contributed by atoms with E-state index in [0.717, 1.165) is 38.5 Å². The maximum atomic E-state index is 13.6. The topological polar surface area (TPSA) is 114 Å². The second-order valence-electron chi connectivity index (χ2n) is 10.0. The predicted octanol–water partition coefficient (Wildman–Crippen LogP) is 1.55. The highest BCUT2D eigenvalue weighted by atomic mass is 16.5. The minimum atomic E-state index is -0.647. The Balaban J connectivity index is 1.55. The Morgan fingerprint density at radius 1 is 1.11 bits per heavy atom. The minimum Gasteiger partial charge on any atom is -0.497 e. The molecule has 3 fully saturated rings. The molecule has 3 aliphatic rings. The van der Waals surface area contributed by atoms with Gasteiger partial charge in [-0.25, -0.2) is 0 Å². The molecule has 2 saturated carbocycles. The molecule has 1 heterocycles. The summed E-state index contributed by atoms with van der Waals surface area (Å²) in [6.07, 6.45) is 5.65. The molecule has 0 bridgehead atoms. The lowest BCUT2D eigenvalue weighted by molar-refractivity contribution is -0.135. The smallest absolute Gasteiger partial charge is 0.254 e. The van der Waals surface area contributed by atoms with Crippen LogP contribution in [0.5, 0.6) is 5.75 Å².